The number of aryl methyl sites for hydroxylation is 2. The van der Waals surface area contributed by atoms with E-state index in [0.29, 0.717) is 11.3 Å². The zero-order valence-corrected chi connectivity index (χ0v) is 10.9. The summed E-state index contributed by atoms with van der Waals surface area (Å²) in [7, 11) is 1.57. The topological polar surface area (TPSA) is 26.3 Å². The Labute approximate surface area is 107 Å². The van der Waals surface area contributed by atoms with Gasteiger partial charge in [-0.25, -0.2) is 0 Å². The van der Waals surface area contributed by atoms with Crippen molar-refractivity contribution in [3.63, 3.8) is 0 Å². The number of hydrogen-bond donors (Lipinski definition) is 0. The molecule has 0 aromatic heterocycles. The average molecular weight is 240 g/mol. The van der Waals surface area contributed by atoms with Gasteiger partial charge in [0.15, 0.2) is 6.29 Å². The maximum Gasteiger partial charge on any atom is 0.153 e. The van der Waals surface area contributed by atoms with E-state index in [1.807, 2.05) is 24.3 Å². The van der Waals surface area contributed by atoms with E-state index in [-0.39, 0.29) is 0 Å². The van der Waals surface area contributed by atoms with E-state index < -0.39 is 0 Å². The fraction of sp³-hybridized carbons (Fsp3) is 0.188. The lowest BCUT2D eigenvalue weighted by atomic mass is 9.94. The molecule has 0 aliphatic heterocycles. The number of carbonyl (C=O) groups is 1. The lowest BCUT2D eigenvalue weighted by Gasteiger charge is -2.12. The Balaban J connectivity index is 2.61. The van der Waals surface area contributed by atoms with Crippen LogP contribution in [0.3, 0.4) is 0 Å². The normalized spacial score (nSPS) is 10.2. The summed E-state index contributed by atoms with van der Waals surface area (Å²) in [5.41, 5.74) is 5.23. The van der Waals surface area contributed by atoms with Gasteiger partial charge >= 0.3 is 0 Å². The maximum absolute atomic E-state index is 11.1. The third kappa shape index (κ3) is 2.14. The summed E-state index contributed by atoms with van der Waals surface area (Å²) in [6.07, 6.45) is 0.829. The molecule has 18 heavy (non-hydrogen) atoms. The van der Waals surface area contributed by atoms with Crippen LogP contribution in [0.25, 0.3) is 11.1 Å². The smallest absolute Gasteiger partial charge is 0.153 e. The van der Waals surface area contributed by atoms with Gasteiger partial charge in [0.25, 0.3) is 0 Å². The molecule has 0 saturated heterocycles. The Hall–Kier alpha value is -2.09. The summed E-state index contributed by atoms with van der Waals surface area (Å²) in [6.45, 7) is 4.15. The van der Waals surface area contributed by atoms with Crippen LogP contribution in [0, 0.1) is 13.8 Å². The summed E-state index contributed by atoms with van der Waals surface area (Å²) in [5, 5.41) is 0. The second-order valence-electron chi connectivity index (χ2n) is 4.34. The Kier molecular flexibility index (Phi) is 3.47. The minimum atomic E-state index is 0.581. The largest absolute Gasteiger partial charge is 0.496 e. The highest BCUT2D eigenvalue weighted by molar-refractivity contribution is 5.84. The predicted octanol–water partition coefficient (Wildman–Crippen LogP) is 3.79. The number of methoxy groups -OCH3 is 1. The predicted molar refractivity (Wildman–Crippen MR) is 73.3 cm³/mol. The average Bonchev–Trinajstić information content (AvgIpc) is 2.38. The van der Waals surface area contributed by atoms with Crippen LogP contribution in [0.5, 0.6) is 5.75 Å². The van der Waals surface area contributed by atoms with Crippen LogP contribution in [-0.4, -0.2) is 13.4 Å². The zero-order chi connectivity index (χ0) is 13.1. The van der Waals surface area contributed by atoms with Gasteiger partial charge in [0, 0.05) is 0 Å². The van der Waals surface area contributed by atoms with E-state index in [1.54, 1.807) is 7.11 Å². The lowest BCUT2D eigenvalue weighted by Crippen LogP contribution is -1.93. The van der Waals surface area contributed by atoms with E-state index in [1.165, 1.54) is 16.7 Å². The van der Waals surface area contributed by atoms with E-state index in [2.05, 4.69) is 26.0 Å². The quantitative estimate of drug-likeness (QED) is 0.763. The number of ether oxygens (including phenoxy) is 1. The van der Waals surface area contributed by atoms with Gasteiger partial charge in [0.2, 0.25) is 0 Å². The van der Waals surface area contributed by atoms with E-state index in [9.17, 15) is 4.79 Å². The number of aldehydes is 1. The first-order valence-corrected chi connectivity index (χ1v) is 5.87. The molecule has 0 radical (unpaired) electrons. The van der Waals surface area contributed by atoms with Crippen molar-refractivity contribution in [2.24, 2.45) is 0 Å². The van der Waals surface area contributed by atoms with Crippen LogP contribution in [0.15, 0.2) is 36.4 Å². The van der Waals surface area contributed by atoms with Crippen LogP contribution in [-0.2, 0) is 0 Å². The van der Waals surface area contributed by atoms with Gasteiger partial charge < -0.3 is 4.74 Å². The molecule has 2 heteroatoms. The van der Waals surface area contributed by atoms with E-state index in [4.69, 9.17) is 4.74 Å². The van der Waals surface area contributed by atoms with Crippen molar-refractivity contribution in [1.29, 1.82) is 0 Å². The third-order valence-electron chi connectivity index (χ3n) is 3.13. The highest BCUT2D eigenvalue weighted by atomic mass is 16.5. The van der Waals surface area contributed by atoms with Crippen LogP contribution in [0.2, 0.25) is 0 Å². The van der Waals surface area contributed by atoms with Gasteiger partial charge in [0.1, 0.15) is 5.75 Å². The molecule has 0 spiro atoms. The van der Waals surface area contributed by atoms with Crippen LogP contribution >= 0.6 is 0 Å². The first-order chi connectivity index (χ1) is 8.67. The highest BCUT2D eigenvalue weighted by Gasteiger charge is 2.08. The maximum atomic E-state index is 11.1. The van der Waals surface area contributed by atoms with Gasteiger partial charge in [-0.15, -0.1) is 0 Å². The summed E-state index contributed by atoms with van der Waals surface area (Å²) >= 11 is 0. The van der Waals surface area contributed by atoms with Crippen molar-refractivity contribution in [2.45, 2.75) is 13.8 Å². The van der Waals surface area contributed by atoms with E-state index >= 15 is 0 Å². The molecule has 0 aliphatic carbocycles. The highest BCUT2D eigenvalue weighted by Crippen LogP contribution is 2.30. The van der Waals surface area contributed by atoms with Crippen molar-refractivity contribution in [3.8, 4) is 16.9 Å². The molecule has 2 rings (SSSR count). The standard InChI is InChI=1S/C16H16O2/c1-11-5-4-6-12(2)16(11)13-7-8-15(18-3)14(9-13)10-17/h4-10H,1-3H3. The molecular weight excluding hydrogens is 224 g/mol. The van der Waals surface area contributed by atoms with Gasteiger partial charge in [-0.05, 0) is 48.2 Å². The first kappa shape index (κ1) is 12.4. The van der Waals surface area contributed by atoms with Gasteiger partial charge in [0.05, 0.1) is 12.7 Å². The molecule has 2 aromatic rings. The van der Waals surface area contributed by atoms with Crippen LogP contribution < -0.4 is 4.74 Å². The molecule has 0 saturated carbocycles. The monoisotopic (exact) mass is 240 g/mol. The molecule has 0 fully saturated rings. The zero-order valence-electron chi connectivity index (χ0n) is 10.9. The number of carbonyl (C=O) groups excluding carboxylic acids is 1. The lowest BCUT2D eigenvalue weighted by molar-refractivity contribution is 0.112. The van der Waals surface area contributed by atoms with Gasteiger partial charge in [-0.1, -0.05) is 24.3 Å². The summed E-state index contributed by atoms with van der Waals surface area (Å²) < 4.78 is 5.16. The van der Waals surface area contributed by atoms with Crippen molar-refractivity contribution >= 4 is 6.29 Å². The molecule has 0 unspecified atom stereocenters. The van der Waals surface area contributed by atoms with Gasteiger partial charge in [-0.3, -0.25) is 4.79 Å². The van der Waals surface area contributed by atoms with Crippen LogP contribution in [0.4, 0.5) is 0 Å². The molecule has 0 heterocycles. The molecule has 2 nitrogen and oxygen atoms in total. The minimum Gasteiger partial charge on any atom is -0.496 e. The molecule has 0 atom stereocenters. The van der Waals surface area contributed by atoms with E-state index in [0.717, 1.165) is 11.8 Å². The molecule has 0 N–H and O–H groups in total. The summed E-state index contributed by atoms with van der Waals surface area (Å²) in [4.78, 5) is 11.1. The summed E-state index contributed by atoms with van der Waals surface area (Å²) in [5.74, 6) is 0.611. The van der Waals surface area contributed by atoms with Crippen LogP contribution in [0.1, 0.15) is 21.5 Å². The fourth-order valence-electron chi connectivity index (χ4n) is 2.25. The summed E-state index contributed by atoms with van der Waals surface area (Å²) in [6, 6.07) is 11.9. The molecule has 0 aliphatic rings. The molecular formula is C16H16O2. The van der Waals surface area contributed by atoms with Crippen molar-refractivity contribution < 1.29 is 9.53 Å². The molecule has 0 bridgehead atoms. The third-order valence-corrected chi connectivity index (χ3v) is 3.13. The molecule has 2 aromatic carbocycles. The number of hydrogen-bond acceptors (Lipinski definition) is 2. The Bertz CT molecular complexity index is 565. The van der Waals surface area contributed by atoms with Crippen molar-refractivity contribution in [3.05, 3.63) is 53.1 Å². The Morgan fingerprint density at radius 1 is 1.06 bits per heavy atom. The molecule has 0 amide bonds. The molecule has 92 valence electrons. The van der Waals surface area contributed by atoms with Crippen molar-refractivity contribution in [1.82, 2.24) is 0 Å². The van der Waals surface area contributed by atoms with Gasteiger partial charge in [-0.2, -0.15) is 0 Å². The Morgan fingerprint density at radius 3 is 2.28 bits per heavy atom. The number of rotatable bonds is 3. The minimum absolute atomic E-state index is 0.581. The first-order valence-electron chi connectivity index (χ1n) is 5.87. The Morgan fingerprint density at radius 2 is 1.72 bits per heavy atom. The number of benzene rings is 2. The van der Waals surface area contributed by atoms with Crippen molar-refractivity contribution in [2.75, 3.05) is 7.11 Å². The second kappa shape index (κ2) is 5.05. The second-order valence-corrected chi connectivity index (χ2v) is 4.34. The fourth-order valence-corrected chi connectivity index (χ4v) is 2.25. The SMILES string of the molecule is COc1ccc(-c2c(C)cccc2C)cc1C=O.